The highest BCUT2D eigenvalue weighted by atomic mass is 16.5. The molecule has 1 unspecified atom stereocenters. The van der Waals surface area contributed by atoms with Crippen LogP contribution in [-0.4, -0.2) is 41.6 Å². The number of nitrogens with two attached hydrogens (primary N) is 1. The molecule has 2 rings (SSSR count). The molecule has 18 heavy (non-hydrogen) atoms. The zero-order valence-electron chi connectivity index (χ0n) is 10.4. The van der Waals surface area contributed by atoms with Gasteiger partial charge in [0.15, 0.2) is 0 Å². The fraction of sp³-hybridized carbons (Fsp3) is 0.500. The molecule has 2 heterocycles. The molecule has 1 atom stereocenters. The number of ether oxygens (including phenoxy) is 1. The van der Waals surface area contributed by atoms with Gasteiger partial charge in [0.1, 0.15) is 0 Å². The molecule has 0 saturated carbocycles. The molecule has 1 saturated heterocycles. The summed E-state index contributed by atoms with van der Waals surface area (Å²) in [6.45, 7) is 3.88. The summed E-state index contributed by atoms with van der Waals surface area (Å²) in [5.41, 5.74) is 3.59. The first-order chi connectivity index (χ1) is 8.76. The molecular formula is C12H18N4O2. The summed E-state index contributed by atoms with van der Waals surface area (Å²) in [6, 6.07) is 1.67. The molecular weight excluding hydrogens is 232 g/mol. The smallest absolute Gasteiger partial charge is 0.256 e. The van der Waals surface area contributed by atoms with Crippen molar-refractivity contribution in [2.45, 2.75) is 19.4 Å². The van der Waals surface area contributed by atoms with Gasteiger partial charge in [-0.3, -0.25) is 15.6 Å². The summed E-state index contributed by atoms with van der Waals surface area (Å²) in [7, 11) is 0. The second-order valence-corrected chi connectivity index (χ2v) is 4.22. The second kappa shape index (κ2) is 5.79. The second-order valence-electron chi connectivity index (χ2n) is 4.22. The highest BCUT2D eigenvalue weighted by Gasteiger charge is 2.25. The molecule has 1 aromatic rings. The van der Waals surface area contributed by atoms with E-state index in [0.29, 0.717) is 30.9 Å². The molecule has 1 aromatic heterocycles. The van der Waals surface area contributed by atoms with E-state index in [1.807, 2.05) is 0 Å². The van der Waals surface area contributed by atoms with E-state index < -0.39 is 0 Å². The van der Waals surface area contributed by atoms with E-state index >= 15 is 0 Å². The summed E-state index contributed by atoms with van der Waals surface area (Å²) >= 11 is 0. The van der Waals surface area contributed by atoms with Crippen molar-refractivity contribution in [3.05, 3.63) is 24.0 Å². The predicted octanol–water partition coefficient (Wildman–Crippen LogP) is 0.618. The van der Waals surface area contributed by atoms with Crippen LogP contribution in [0, 0.1) is 0 Å². The number of rotatable bonds is 3. The number of nitrogens with one attached hydrogen (secondary N) is 1. The predicted molar refractivity (Wildman–Crippen MR) is 68.0 cm³/mol. The first kappa shape index (κ1) is 12.8. The molecule has 0 bridgehead atoms. The van der Waals surface area contributed by atoms with Crippen molar-refractivity contribution in [1.82, 2.24) is 9.88 Å². The summed E-state index contributed by atoms with van der Waals surface area (Å²) < 4.78 is 5.55. The van der Waals surface area contributed by atoms with Crippen molar-refractivity contribution in [3.63, 3.8) is 0 Å². The molecule has 6 nitrogen and oxygen atoms in total. The van der Waals surface area contributed by atoms with Gasteiger partial charge < -0.3 is 15.1 Å². The molecule has 6 heteroatoms. The summed E-state index contributed by atoms with van der Waals surface area (Å²) in [6.07, 6.45) is 4.16. The Kier molecular flexibility index (Phi) is 4.11. The van der Waals surface area contributed by atoms with E-state index in [0.717, 1.165) is 6.42 Å². The van der Waals surface area contributed by atoms with Gasteiger partial charge >= 0.3 is 0 Å². The molecule has 1 aliphatic rings. The highest BCUT2D eigenvalue weighted by Crippen LogP contribution is 2.17. The van der Waals surface area contributed by atoms with Gasteiger partial charge in [-0.2, -0.15) is 0 Å². The summed E-state index contributed by atoms with van der Waals surface area (Å²) in [5.74, 6) is 5.35. The quantitative estimate of drug-likeness (QED) is 0.607. The van der Waals surface area contributed by atoms with Crippen LogP contribution in [0.2, 0.25) is 0 Å². The Morgan fingerprint density at radius 1 is 1.72 bits per heavy atom. The van der Waals surface area contributed by atoms with Gasteiger partial charge in [-0.15, -0.1) is 0 Å². The molecule has 0 radical (unpaired) electrons. The van der Waals surface area contributed by atoms with Crippen LogP contribution in [0.1, 0.15) is 23.7 Å². The summed E-state index contributed by atoms with van der Waals surface area (Å²) in [4.78, 5) is 18.1. The Hall–Kier alpha value is -1.66. The molecule has 1 aliphatic heterocycles. The van der Waals surface area contributed by atoms with Gasteiger partial charge in [-0.05, 0) is 12.5 Å². The van der Waals surface area contributed by atoms with E-state index in [-0.39, 0.29) is 12.0 Å². The van der Waals surface area contributed by atoms with Crippen molar-refractivity contribution in [2.75, 3.05) is 25.1 Å². The van der Waals surface area contributed by atoms with Crippen LogP contribution in [0.25, 0.3) is 0 Å². The number of morpholine rings is 1. The van der Waals surface area contributed by atoms with Crippen LogP contribution in [0.5, 0.6) is 0 Å². The van der Waals surface area contributed by atoms with Crippen molar-refractivity contribution in [1.29, 1.82) is 0 Å². The number of hydrazine groups is 1. The van der Waals surface area contributed by atoms with Gasteiger partial charge in [-0.25, -0.2) is 0 Å². The number of carbonyl (C=O) groups is 1. The van der Waals surface area contributed by atoms with E-state index in [1.165, 1.54) is 0 Å². The third kappa shape index (κ3) is 2.60. The number of nitrogen functional groups attached to an aromatic ring is 1. The Labute approximate surface area is 106 Å². The fourth-order valence-electron chi connectivity index (χ4n) is 2.02. The number of anilines is 1. The van der Waals surface area contributed by atoms with Crippen LogP contribution >= 0.6 is 0 Å². The third-order valence-electron chi connectivity index (χ3n) is 3.09. The van der Waals surface area contributed by atoms with Crippen LogP contribution in [0.15, 0.2) is 18.5 Å². The molecule has 0 aliphatic carbocycles. The van der Waals surface area contributed by atoms with E-state index in [2.05, 4.69) is 17.3 Å². The topological polar surface area (TPSA) is 80.5 Å². The molecule has 1 amide bonds. The Morgan fingerprint density at radius 3 is 3.28 bits per heavy atom. The average Bonchev–Trinajstić information content (AvgIpc) is 2.46. The zero-order chi connectivity index (χ0) is 13.0. The van der Waals surface area contributed by atoms with E-state index in [4.69, 9.17) is 10.6 Å². The minimum Gasteiger partial charge on any atom is -0.375 e. The summed E-state index contributed by atoms with van der Waals surface area (Å²) in [5, 5.41) is 0. The molecule has 3 N–H and O–H groups in total. The van der Waals surface area contributed by atoms with Crippen LogP contribution < -0.4 is 11.3 Å². The first-order valence-corrected chi connectivity index (χ1v) is 6.07. The Bertz CT molecular complexity index is 424. The van der Waals surface area contributed by atoms with Crippen LogP contribution in [0.4, 0.5) is 5.69 Å². The number of aromatic nitrogens is 1. The van der Waals surface area contributed by atoms with Gasteiger partial charge in [0.2, 0.25) is 0 Å². The Morgan fingerprint density at radius 2 is 2.56 bits per heavy atom. The lowest BCUT2D eigenvalue weighted by atomic mass is 10.1. The van der Waals surface area contributed by atoms with Crippen molar-refractivity contribution in [3.8, 4) is 0 Å². The normalized spacial score (nSPS) is 19.7. The van der Waals surface area contributed by atoms with Gasteiger partial charge in [0.25, 0.3) is 5.91 Å². The maximum absolute atomic E-state index is 12.4. The van der Waals surface area contributed by atoms with Crippen molar-refractivity contribution < 1.29 is 9.53 Å². The number of amides is 1. The molecule has 0 aromatic carbocycles. The number of nitrogens with zero attached hydrogens (tertiary/aromatic N) is 2. The zero-order valence-corrected chi connectivity index (χ0v) is 10.4. The number of pyridine rings is 1. The van der Waals surface area contributed by atoms with E-state index in [9.17, 15) is 4.79 Å². The molecule has 98 valence electrons. The van der Waals surface area contributed by atoms with Crippen molar-refractivity contribution in [2.24, 2.45) is 5.84 Å². The monoisotopic (exact) mass is 250 g/mol. The van der Waals surface area contributed by atoms with Gasteiger partial charge in [-0.1, -0.05) is 6.92 Å². The largest absolute Gasteiger partial charge is 0.375 e. The van der Waals surface area contributed by atoms with Crippen molar-refractivity contribution >= 4 is 11.6 Å². The maximum atomic E-state index is 12.4. The number of hydrogen-bond donors (Lipinski definition) is 2. The van der Waals surface area contributed by atoms with Crippen LogP contribution in [-0.2, 0) is 4.74 Å². The lowest BCUT2D eigenvalue weighted by molar-refractivity contribution is -0.0226. The van der Waals surface area contributed by atoms with Crippen LogP contribution in [0.3, 0.4) is 0 Å². The Balaban J connectivity index is 2.15. The fourth-order valence-corrected chi connectivity index (χ4v) is 2.02. The lowest BCUT2D eigenvalue weighted by Gasteiger charge is -2.32. The average molecular weight is 250 g/mol. The SMILES string of the molecule is CCC1CN(C(=O)c2ccncc2NN)CCO1. The van der Waals surface area contributed by atoms with E-state index in [1.54, 1.807) is 23.4 Å². The highest BCUT2D eigenvalue weighted by molar-refractivity contribution is 5.99. The standard InChI is InChI=1S/C12H18N4O2/c1-2-9-8-16(5-6-18-9)12(17)10-3-4-14-7-11(10)15-13/h3-4,7,9,15H,2,5-6,8,13H2,1H3. The molecule has 1 fully saturated rings. The third-order valence-corrected chi connectivity index (χ3v) is 3.09. The number of hydrogen-bond acceptors (Lipinski definition) is 5. The van der Waals surface area contributed by atoms with Gasteiger partial charge in [0, 0.05) is 19.3 Å². The first-order valence-electron chi connectivity index (χ1n) is 6.07. The van der Waals surface area contributed by atoms with Gasteiger partial charge in [0.05, 0.1) is 30.2 Å². The lowest BCUT2D eigenvalue weighted by Crippen LogP contribution is -2.45. The molecule has 0 spiro atoms. The maximum Gasteiger partial charge on any atom is 0.256 e. The minimum absolute atomic E-state index is 0.0351. The number of carbonyl (C=O) groups excluding carboxylic acids is 1. The minimum atomic E-state index is -0.0351.